The lowest BCUT2D eigenvalue weighted by Gasteiger charge is -2.38. The minimum atomic E-state index is -1.94. The summed E-state index contributed by atoms with van der Waals surface area (Å²) in [6, 6.07) is 17.8. The number of anilines is 1. The molecule has 7 rings (SSSR count). The zero-order valence-electron chi connectivity index (χ0n) is 42.4. The normalized spacial score (nSPS) is 20.5. The van der Waals surface area contributed by atoms with Gasteiger partial charge >= 0.3 is 5.97 Å². The number of hydrogen-bond acceptors (Lipinski definition) is 15. The van der Waals surface area contributed by atoms with Crippen LogP contribution in [0.4, 0.5) is 5.69 Å². The van der Waals surface area contributed by atoms with Crippen LogP contribution in [0.3, 0.4) is 0 Å². The lowest BCUT2D eigenvalue weighted by molar-refractivity contribution is -0.688. The van der Waals surface area contributed by atoms with Crippen LogP contribution in [0.1, 0.15) is 85.7 Å². The number of aromatic nitrogens is 1. The number of amides is 5. The number of pyridine rings is 1. The van der Waals surface area contributed by atoms with Crippen molar-refractivity contribution in [1.82, 2.24) is 15.1 Å². The Bertz CT molecular complexity index is 2560. The van der Waals surface area contributed by atoms with Gasteiger partial charge in [-0.05, 0) is 73.7 Å². The average molecular weight is 1060 g/mol. The summed E-state index contributed by atoms with van der Waals surface area (Å²) in [4.78, 5) is 90.2. The summed E-state index contributed by atoms with van der Waals surface area (Å²) in [5, 5.41) is 46.2. The molecule has 2 aromatic carbocycles. The topological polar surface area (TPSA) is 281 Å². The molecule has 0 unspecified atom stereocenters. The molecule has 21 nitrogen and oxygen atoms in total. The van der Waals surface area contributed by atoms with Crippen molar-refractivity contribution >= 4 is 53.1 Å². The third kappa shape index (κ3) is 16.6. The van der Waals surface area contributed by atoms with Crippen molar-refractivity contribution in [3.05, 3.63) is 107 Å². The van der Waals surface area contributed by atoms with E-state index in [2.05, 4.69) is 10.6 Å². The van der Waals surface area contributed by atoms with Crippen LogP contribution in [0, 0.1) is 5.92 Å². The Balaban J connectivity index is 0.822. The number of nitrogens with zero attached hydrogens (tertiary/aromatic N) is 3. The smallest absolute Gasteiger partial charge is 0.335 e. The van der Waals surface area contributed by atoms with E-state index in [0.717, 1.165) is 62.7 Å². The number of hydrogen-bond donors (Lipinski definition) is 6. The van der Waals surface area contributed by atoms with E-state index in [-0.39, 0.29) is 106 Å². The minimum Gasteiger partial charge on any atom is -0.479 e. The first-order valence-electron chi connectivity index (χ1n) is 25.9. The summed E-state index contributed by atoms with van der Waals surface area (Å²) in [5.74, 6) is -2.31. The van der Waals surface area contributed by atoms with Crippen molar-refractivity contribution in [1.29, 1.82) is 0 Å². The second kappa shape index (κ2) is 28.4. The van der Waals surface area contributed by atoms with E-state index >= 15 is 0 Å². The Labute approximate surface area is 440 Å². The van der Waals surface area contributed by atoms with Gasteiger partial charge < -0.3 is 59.6 Å². The second-order valence-electron chi connectivity index (χ2n) is 19.1. The molecule has 5 atom stereocenters. The molecule has 4 aliphatic rings. The van der Waals surface area contributed by atoms with Gasteiger partial charge in [0.15, 0.2) is 30.8 Å². The molecule has 2 saturated heterocycles. The highest BCUT2D eigenvalue weighted by atomic mass is 16.7. The fourth-order valence-electron chi connectivity index (χ4n) is 9.11. The molecular formula is C55H68N5O16+. The average Bonchev–Trinajstić information content (AvgIpc) is 4.19. The molecule has 408 valence electrons. The number of ketones is 1. The standard InChI is InChI=1S/C55H67N5O16/c61-40(12-6-1-3-8-36-18-23-59(24-19-36)51(67)39-10-4-2-5-11-39)15-13-37-9-7-22-58(34-37)35-38-14-16-44(75-55-49(66)47(64)48(65)50(76-55)54(70)71)43(32-38)57-46(63)17-21-56-45(62)20-26-72-28-30-74-31-29-73-27-25-60-52(68)41-33-42(41)53(60)69/h2,4-5,7,9-11,13-16,22,32,34,36,47-50,55,64-66H,1,3,6,8,12,17-21,23-31,33,35H2,(H2-,56,57,62,63,70,71)/p+1/b15-13+/t47-,48-,49+,50-,55+/m0/s1. The number of unbranched alkanes of at least 4 members (excludes halogenated alkanes) is 2. The highest BCUT2D eigenvalue weighted by molar-refractivity contribution is 6.25. The predicted octanol–water partition coefficient (Wildman–Crippen LogP) is 2.33. The number of piperidine rings is 2. The van der Waals surface area contributed by atoms with Gasteiger partial charge in [-0.25, -0.2) is 9.36 Å². The van der Waals surface area contributed by atoms with Crippen molar-refractivity contribution in [3.63, 3.8) is 0 Å². The number of aliphatic carboxylic acids is 1. The molecule has 4 heterocycles. The predicted molar refractivity (Wildman–Crippen MR) is 271 cm³/mol. The van der Waals surface area contributed by atoms with Crippen molar-refractivity contribution in [2.24, 2.45) is 5.92 Å². The number of imide groups is 1. The summed E-state index contributed by atoms with van der Waals surface area (Å²) in [6.45, 7) is 3.31. The molecule has 1 aliphatic carbocycles. The van der Waals surface area contributed by atoms with Gasteiger partial charge in [0, 0.05) is 79.2 Å². The molecule has 5 amide bonds. The number of aliphatic hydroxyl groups excluding tert-OH is 3. The molecule has 0 bridgehead atoms. The van der Waals surface area contributed by atoms with E-state index in [0.29, 0.717) is 42.0 Å². The number of ether oxygens (including phenoxy) is 5. The van der Waals surface area contributed by atoms with E-state index in [1.165, 1.54) is 11.0 Å². The summed E-state index contributed by atoms with van der Waals surface area (Å²) >= 11 is 0. The highest BCUT2D eigenvalue weighted by Crippen LogP contribution is 2.40. The Kier molecular flexibility index (Phi) is 21.3. The lowest BCUT2D eigenvalue weighted by Crippen LogP contribution is -2.61. The van der Waals surface area contributed by atoms with Crippen molar-refractivity contribution in [2.75, 3.05) is 71.1 Å². The maximum atomic E-state index is 13.3. The first kappa shape index (κ1) is 57.0. The third-order valence-corrected chi connectivity index (χ3v) is 13.5. The van der Waals surface area contributed by atoms with Gasteiger partial charge in [-0.1, -0.05) is 37.5 Å². The highest BCUT2D eigenvalue weighted by Gasteiger charge is 2.49. The van der Waals surface area contributed by atoms with Gasteiger partial charge in [-0.2, -0.15) is 0 Å². The summed E-state index contributed by atoms with van der Waals surface area (Å²) in [5.41, 5.74) is 3.48. The van der Waals surface area contributed by atoms with Gasteiger partial charge in [-0.15, -0.1) is 0 Å². The Hall–Kier alpha value is -6.72. The van der Waals surface area contributed by atoms with E-state index in [4.69, 9.17) is 23.7 Å². The van der Waals surface area contributed by atoms with Crippen LogP contribution in [-0.2, 0) is 54.3 Å². The number of likely N-dealkylation sites (tertiary alicyclic amines) is 2. The van der Waals surface area contributed by atoms with Crippen LogP contribution in [-0.4, -0.2) is 168 Å². The third-order valence-electron chi connectivity index (χ3n) is 13.5. The fraction of sp³-hybridized carbons (Fsp3) is 0.491. The number of carbonyl (C=O) groups excluding carboxylic acids is 6. The Morgan fingerprint density at radius 2 is 1.47 bits per heavy atom. The largest absolute Gasteiger partial charge is 0.479 e. The molecule has 76 heavy (non-hydrogen) atoms. The zero-order valence-corrected chi connectivity index (χ0v) is 42.4. The van der Waals surface area contributed by atoms with E-state index in [1.807, 2.05) is 64.3 Å². The summed E-state index contributed by atoms with van der Waals surface area (Å²) in [7, 11) is 0. The molecule has 1 aromatic heterocycles. The number of rotatable bonds is 30. The van der Waals surface area contributed by atoms with Gasteiger partial charge in [0.05, 0.1) is 51.9 Å². The maximum Gasteiger partial charge on any atom is 0.335 e. The summed E-state index contributed by atoms with van der Waals surface area (Å²) < 4.78 is 29.4. The van der Waals surface area contributed by atoms with Crippen LogP contribution < -0.4 is 19.9 Å². The van der Waals surface area contributed by atoms with Gasteiger partial charge in [0.2, 0.25) is 18.1 Å². The molecule has 0 radical (unpaired) electrons. The number of carboxylic acid groups (broad SMARTS) is 1. The quantitative estimate of drug-likeness (QED) is 0.0242. The van der Waals surface area contributed by atoms with Gasteiger partial charge in [-0.3, -0.25) is 33.7 Å². The SMILES string of the molecule is O=C(/C=C/c1ccc[n+](Cc2ccc(O[C@@H]3O[C@H](C(=O)O)[C@@H](O)[C@H](O)[C@H]3O)c(NC(=O)CCNC(=O)CCOCCOCCOCCN3C(=O)C4=C(C4)C3=O)c2)c1)CCCCCC1CCN(C(=O)c2ccccc2)CC1. The Morgan fingerprint density at radius 3 is 2.20 bits per heavy atom. The number of nitrogens with one attached hydrogen (secondary N) is 2. The van der Waals surface area contributed by atoms with Crippen LogP contribution in [0.25, 0.3) is 6.08 Å². The van der Waals surface area contributed by atoms with E-state index in [1.54, 1.807) is 24.3 Å². The van der Waals surface area contributed by atoms with Crippen molar-refractivity contribution < 1.29 is 82.2 Å². The Morgan fingerprint density at radius 1 is 0.763 bits per heavy atom. The monoisotopic (exact) mass is 1050 g/mol. The number of allylic oxidation sites excluding steroid dienone is 1. The maximum absolute atomic E-state index is 13.3. The van der Waals surface area contributed by atoms with Crippen LogP contribution >= 0.6 is 0 Å². The lowest BCUT2D eigenvalue weighted by atomic mass is 9.90. The van der Waals surface area contributed by atoms with E-state index < -0.39 is 42.6 Å². The number of aliphatic hydroxyl groups is 3. The first-order chi connectivity index (χ1) is 36.7. The van der Waals surface area contributed by atoms with Gasteiger partial charge in [0.1, 0.15) is 24.1 Å². The van der Waals surface area contributed by atoms with Crippen molar-refractivity contribution in [2.45, 2.75) is 101 Å². The van der Waals surface area contributed by atoms with Crippen LogP contribution in [0.15, 0.2) is 90.3 Å². The molecule has 6 N–H and O–H groups in total. The van der Waals surface area contributed by atoms with Crippen LogP contribution in [0.2, 0.25) is 0 Å². The molecule has 3 aliphatic heterocycles. The minimum absolute atomic E-state index is 0.0206. The fourth-order valence-corrected chi connectivity index (χ4v) is 9.11. The number of carbonyl (C=O) groups is 7. The molecule has 0 spiro atoms. The van der Waals surface area contributed by atoms with Crippen molar-refractivity contribution in [3.8, 4) is 5.75 Å². The second-order valence-corrected chi connectivity index (χ2v) is 19.1. The molecule has 3 aromatic rings. The first-order valence-corrected chi connectivity index (χ1v) is 25.9. The molecule has 2 fully saturated rings. The number of carboxylic acids is 1. The van der Waals surface area contributed by atoms with Gasteiger partial charge in [0.25, 0.3) is 17.7 Å². The van der Waals surface area contributed by atoms with E-state index in [9.17, 15) is 54.0 Å². The molecule has 21 heteroatoms. The zero-order chi connectivity index (χ0) is 54.0. The summed E-state index contributed by atoms with van der Waals surface area (Å²) in [6.07, 6.45) is 4.25. The molecular weight excluding hydrogens is 987 g/mol. The molecule has 0 saturated carbocycles. The number of benzene rings is 2. The van der Waals surface area contributed by atoms with Crippen LogP contribution in [0.5, 0.6) is 5.75 Å².